The Morgan fingerprint density at radius 3 is 2.27 bits per heavy atom. The lowest BCUT2D eigenvalue weighted by atomic mass is 10.0. The summed E-state index contributed by atoms with van der Waals surface area (Å²) in [6.07, 6.45) is 4.51. The van der Waals surface area contributed by atoms with Gasteiger partial charge in [-0.1, -0.05) is 84.6 Å². The zero-order chi connectivity index (χ0) is 26.2. The SMILES string of the molecule is COc1cccc(CN(C(=O)Cc2c(Cl)cccc2Cl)C(Cc2ccccc2)C(=O)NC2CCCC2)c1. The lowest BCUT2D eigenvalue weighted by molar-refractivity contribution is -0.141. The van der Waals surface area contributed by atoms with E-state index in [-0.39, 0.29) is 30.8 Å². The summed E-state index contributed by atoms with van der Waals surface area (Å²) in [7, 11) is 1.61. The van der Waals surface area contributed by atoms with Gasteiger partial charge in [-0.15, -0.1) is 0 Å². The Hall–Kier alpha value is -3.02. The molecule has 4 rings (SSSR count). The molecule has 1 unspecified atom stereocenters. The van der Waals surface area contributed by atoms with Gasteiger partial charge in [0.2, 0.25) is 11.8 Å². The Balaban J connectivity index is 1.70. The van der Waals surface area contributed by atoms with Crippen molar-refractivity contribution in [2.75, 3.05) is 7.11 Å². The van der Waals surface area contributed by atoms with E-state index in [1.165, 1.54) is 0 Å². The van der Waals surface area contributed by atoms with Crippen LogP contribution in [0.2, 0.25) is 10.0 Å². The number of rotatable bonds is 10. The highest BCUT2D eigenvalue weighted by atomic mass is 35.5. The van der Waals surface area contributed by atoms with Gasteiger partial charge in [-0.25, -0.2) is 0 Å². The average Bonchev–Trinajstić information content (AvgIpc) is 3.42. The van der Waals surface area contributed by atoms with Crippen LogP contribution in [0.25, 0.3) is 0 Å². The summed E-state index contributed by atoms with van der Waals surface area (Å²) in [5, 5.41) is 4.08. The van der Waals surface area contributed by atoms with E-state index in [4.69, 9.17) is 27.9 Å². The number of methoxy groups -OCH3 is 1. The summed E-state index contributed by atoms with van der Waals surface area (Å²) in [5.74, 6) is 0.326. The second kappa shape index (κ2) is 13.0. The molecule has 0 spiro atoms. The Bertz CT molecular complexity index is 1190. The van der Waals surface area contributed by atoms with Gasteiger partial charge < -0.3 is 15.0 Å². The van der Waals surface area contributed by atoms with Crippen molar-refractivity contribution < 1.29 is 14.3 Å². The van der Waals surface area contributed by atoms with Gasteiger partial charge in [0.05, 0.1) is 13.5 Å². The van der Waals surface area contributed by atoms with Crippen molar-refractivity contribution >= 4 is 35.0 Å². The summed E-state index contributed by atoms with van der Waals surface area (Å²) in [6.45, 7) is 0.244. The minimum absolute atomic E-state index is 0.00945. The molecular weight excluding hydrogens is 507 g/mol. The van der Waals surface area contributed by atoms with Crippen LogP contribution in [0.3, 0.4) is 0 Å². The van der Waals surface area contributed by atoms with Gasteiger partial charge in [-0.3, -0.25) is 9.59 Å². The quantitative estimate of drug-likeness (QED) is 0.332. The van der Waals surface area contributed by atoms with Gasteiger partial charge in [0.25, 0.3) is 0 Å². The molecule has 1 saturated carbocycles. The van der Waals surface area contributed by atoms with Gasteiger partial charge in [0.15, 0.2) is 0 Å². The predicted octanol–water partition coefficient (Wildman–Crippen LogP) is 6.24. The first kappa shape index (κ1) is 27.0. The normalized spacial score (nSPS) is 14.2. The smallest absolute Gasteiger partial charge is 0.243 e. The Morgan fingerprint density at radius 1 is 0.946 bits per heavy atom. The van der Waals surface area contributed by atoms with E-state index in [9.17, 15) is 9.59 Å². The number of carbonyl (C=O) groups is 2. The molecule has 1 aliphatic carbocycles. The van der Waals surface area contributed by atoms with E-state index in [2.05, 4.69) is 5.32 Å². The fourth-order valence-corrected chi connectivity index (χ4v) is 5.37. The fraction of sp³-hybridized carbons (Fsp3) is 0.333. The first-order valence-electron chi connectivity index (χ1n) is 12.6. The molecule has 1 fully saturated rings. The molecule has 0 aromatic heterocycles. The lowest BCUT2D eigenvalue weighted by Crippen LogP contribution is -2.52. The highest BCUT2D eigenvalue weighted by Gasteiger charge is 2.32. The maximum Gasteiger partial charge on any atom is 0.243 e. The van der Waals surface area contributed by atoms with Crippen LogP contribution in [0.15, 0.2) is 72.8 Å². The third-order valence-electron chi connectivity index (χ3n) is 6.85. The maximum absolute atomic E-state index is 13.9. The predicted molar refractivity (Wildman–Crippen MR) is 148 cm³/mol. The van der Waals surface area contributed by atoms with Gasteiger partial charge in [-0.2, -0.15) is 0 Å². The van der Waals surface area contributed by atoms with Crippen molar-refractivity contribution in [3.05, 3.63) is 99.5 Å². The zero-order valence-corrected chi connectivity index (χ0v) is 22.5. The van der Waals surface area contributed by atoms with E-state index < -0.39 is 6.04 Å². The first-order chi connectivity index (χ1) is 17.9. The molecule has 5 nitrogen and oxygen atoms in total. The Labute approximate surface area is 228 Å². The second-order valence-electron chi connectivity index (χ2n) is 9.45. The van der Waals surface area contributed by atoms with Gasteiger partial charge in [0, 0.05) is 29.1 Å². The van der Waals surface area contributed by atoms with Crippen LogP contribution in [0.4, 0.5) is 0 Å². The summed E-state index contributed by atoms with van der Waals surface area (Å²) in [6, 6.07) is 22.0. The molecule has 2 amide bonds. The van der Waals surface area contributed by atoms with Gasteiger partial charge >= 0.3 is 0 Å². The van der Waals surface area contributed by atoms with Crippen LogP contribution in [0, 0.1) is 0 Å². The van der Waals surface area contributed by atoms with Gasteiger partial charge in [-0.05, 0) is 53.8 Å². The highest BCUT2D eigenvalue weighted by Crippen LogP contribution is 2.27. The molecule has 7 heteroatoms. The lowest BCUT2D eigenvalue weighted by Gasteiger charge is -2.32. The minimum atomic E-state index is -0.706. The number of hydrogen-bond donors (Lipinski definition) is 1. The summed E-state index contributed by atoms with van der Waals surface area (Å²) in [4.78, 5) is 29.4. The molecule has 37 heavy (non-hydrogen) atoms. The highest BCUT2D eigenvalue weighted by molar-refractivity contribution is 6.36. The van der Waals surface area contributed by atoms with Crippen molar-refractivity contribution in [2.24, 2.45) is 0 Å². The molecule has 1 atom stereocenters. The van der Waals surface area contributed by atoms with Crippen molar-refractivity contribution in [1.29, 1.82) is 0 Å². The number of nitrogens with zero attached hydrogens (tertiary/aromatic N) is 1. The number of amides is 2. The third kappa shape index (κ3) is 7.27. The van der Waals surface area contributed by atoms with E-state index >= 15 is 0 Å². The molecule has 1 aliphatic rings. The summed E-state index contributed by atoms with van der Waals surface area (Å²) >= 11 is 12.8. The molecule has 3 aromatic rings. The molecule has 0 saturated heterocycles. The van der Waals surface area contributed by atoms with Gasteiger partial charge in [0.1, 0.15) is 11.8 Å². The maximum atomic E-state index is 13.9. The number of ether oxygens (including phenoxy) is 1. The molecule has 0 radical (unpaired) electrons. The number of halogens is 2. The molecule has 0 bridgehead atoms. The number of benzene rings is 3. The van der Waals surface area contributed by atoms with Crippen LogP contribution < -0.4 is 10.1 Å². The molecule has 0 aliphatic heterocycles. The molecule has 0 heterocycles. The molecule has 3 aromatic carbocycles. The monoisotopic (exact) mass is 538 g/mol. The van der Waals surface area contributed by atoms with Crippen LogP contribution >= 0.6 is 23.2 Å². The second-order valence-corrected chi connectivity index (χ2v) is 10.3. The third-order valence-corrected chi connectivity index (χ3v) is 7.56. The molecule has 1 N–H and O–H groups in total. The average molecular weight is 540 g/mol. The van der Waals surface area contributed by atoms with E-state index in [0.717, 1.165) is 36.8 Å². The Kier molecular flexibility index (Phi) is 9.48. The zero-order valence-electron chi connectivity index (χ0n) is 21.0. The minimum Gasteiger partial charge on any atom is -0.497 e. The topological polar surface area (TPSA) is 58.6 Å². The molecule has 194 valence electrons. The van der Waals surface area contributed by atoms with Crippen molar-refractivity contribution in [3.63, 3.8) is 0 Å². The first-order valence-corrected chi connectivity index (χ1v) is 13.4. The van der Waals surface area contributed by atoms with E-state index in [1.54, 1.807) is 30.2 Å². The van der Waals surface area contributed by atoms with Crippen LogP contribution in [0.1, 0.15) is 42.4 Å². The number of carbonyl (C=O) groups excluding carboxylic acids is 2. The van der Waals surface area contributed by atoms with Crippen LogP contribution in [-0.2, 0) is 29.0 Å². The van der Waals surface area contributed by atoms with E-state index in [0.29, 0.717) is 27.8 Å². The summed E-state index contributed by atoms with van der Waals surface area (Å²) < 4.78 is 5.40. The Morgan fingerprint density at radius 2 is 1.59 bits per heavy atom. The largest absolute Gasteiger partial charge is 0.497 e. The number of nitrogens with one attached hydrogen (secondary N) is 1. The summed E-state index contributed by atoms with van der Waals surface area (Å²) in [5.41, 5.74) is 2.40. The standard InChI is InChI=1S/C30H32Cl2N2O3/c1-37-24-14-7-11-22(17-24)20-34(29(35)19-25-26(31)15-8-16-27(25)32)28(18-21-9-3-2-4-10-21)30(36)33-23-12-5-6-13-23/h2-4,7-11,14-17,23,28H,5-6,12-13,18-20H2,1H3,(H,33,36). The number of hydrogen-bond acceptors (Lipinski definition) is 3. The van der Waals surface area contributed by atoms with Crippen LogP contribution in [-0.4, -0.2) is 35.9 Å². The van der Waals surface area contributed by atoms with Crippen molar-refractivity contribution in [3.8, 4) is 5.75 Å². The van der Waals surface area contributed by atoms with E-state index in [1.807, 2.05) is 54.6 Å². The van der Waals surface area contributed by atoms with Crippen molar-refractivity contribution in [1.82, 2.24) is 10.2 Å². The van der Waals surface area contributed by atoms with Crippen LogP contribution in [0.5, 0.6) is 5.75 Å². The van der Waals surface area contributed by atoms with Crippen molar-refractivity contribution in [2.45, 2.75) is 57.2 Å². The molecular formula is C30H32Cl2N2O3. The fourth-order valence-electron chi connectivity index (χ4n) is 4.84.